The molecule has 192 valence electrons. The number of aromatic nitrogens is 4. The molecule has 0 radical (unpaired) electrons. The van der Waals surface area contributed by atoms with Crippen LogP contribution in [0.25, 0.3) is 33.2 Å². The van der Waals surface area contributed by atoms with Gasteiger partial charge in [0.2, 0.25) is 0 Å². The molecule has 1 atom stereocenters. The summed E-state index contributed by atoms with van der Waals surface area (Å²) >= 11 is 0. The third-order valence-corrected chi connectivity index (χ3v) is 6.43. The Morgan fingerprint density at radius 2 is 1.86 bits per heavy atom. The Morgan fingerprint density at radius 1 is 1.11 bits per heavy atom. The molecule has 3 heterocycles. The maximum atomic E-state index is 12.6. The van der Waals surface area contributed by atoms with Crippen LogP contribution >= 0.6 is 0 Å². The summed E-state index contributed by atoms with van der Waals surface area (Å²) in [6.07, 6.45) is 3.14. The van der Waals surface area contributed by atoms with Crippen LogP contribution in [-0.2, 0) is 4.74 Å². The Labute approximate surface area is 213 Å². The van der Waals surface area contributed by atoms with Crippen LogP contribution in [0.3, 0.4) is 0 Å². The molecule has 5 rings (SSSR count). The van der Waals surface area contributed by atoms with E-state index < -0.39 is 17.7 Å². The fourth-order valence-electron chi connectivity index (χ4n) is 4.68. The van der Waals surface area contributed by atoms with E-state index in [0.29, 0.717) is 28.1 Å². The predicted octanol–water partition coefficient (Wildman–Crippen LogP) is 5.13. The molecule has 0 saturated carbocycles. The number of rotatable bonds is 4. The summed E-state index contributed by atoms with van der Waals surface area (Å²) < 4.78 is 12.0. The van der Waals surface area contributed by atoms with Crippen molar-refractivity contribution in [2.24, 2.45) is 0 Å². The van der Waals surface area contributed by atoms with Crippen molar-refractivity contribution in [2.75, 3.05) is 18.6 Å². The first-order valence-electron chi connectivity index (χ1n) is 12.2. The molecule has 0 aliphatic carbocycles. The maximum Gasteiger partial charge on any atom is 0.435 e. The number of anilines is 1. The van der Waals surface area contributed by atoms with Crippen LogP contribution in [0.1, 0.15) is 50.9 Å². The number of nitrogens with zero attached hydrogens (tertiary/aromatic N) is 5. The monoisotopic (exact) mass is 503 g/mol. The van der Waals surface area contributed by atoms with Gasteiger partial charge in [0.1, 0.15) is 22.6 Å². The SMILES string of the molecule is COc1cc2nc(-c3ccc4c(cnn4C(=O)OC(C)(C)C)c3)c(N3CCCC3C)nc2cc1C(=O)O. The number of carboxylic acids is 1. The molecule has 0 spiro atoms. The van der Waals surface area contributed by atoms with Crippen LogP contribution in [0.15, 0.2) is 36.5 Å². The van der Waals surface area contributed by atoms with Crippen molar-refractivity contribution in [3.8, 4) is 17.0 Å². The highest BCUT2D eigenvalue weighted by Gasteiger charge is 2.27. The first kappa shape index (κ1) is 24.5. The van der Waals surface area contributed by atoms with E-state index in [0.717, 1.165) is 30.3 Å². The molecule has 0 bridgehead atoms. The highest BCUT2D eigenvalue weighted by atomic mass is 16.6. The fraction of sp³-hybridized carbons (Fsp3) is 0.370. The van der Waals surface area contributed by atoms with Crippen LogP contribution in [0.2, 0.25) is 0 Å². The minimum absolute atomic E-state index is 0.0356. The van der Waals surface area contributed by atoms with Gasteiger partial charge in [-0.15, -0.1) is 0 Å². The van der Waals surface area contributed by atoms with Crippen LogP contribution in [-0.4, -0.2) is 62.2 Å². The average Bonchev–Trinajstić information content (AvgIpc) is 3.46. The van der Waals surface area contributed by atoms with Crippen LogP contribution in [0, 0.1) is 0 Å². The number of hydrogen-bond donors (Lipinski definition) is 1. The van der Waals surface area contributed by atoms with E-state index in [1.807, 2.05) is 39.0 Å². The number of fused-ring (bicyclic) bond motifs is 2. The van der Waals surface area contributed by atoms with Gasteiger partial charge in [0.25, 0.3) is 0 Å². The highest BCUT2D eigenvalue weighted by Crippen LogP contribution is 2.36. The summed E-state index contributed by atoms with van der Waals surface area (Å²) in [7, 11) is 1.43. The highest BCUT2D eigenvalue weighted by molar-refractivity contribution is 5.97. The summed E-state index contributed by atoms with van der Waals surface area (Å²) in [5.41, 5.74) is 2.49. The lowest BCUT2D eigenvalue weighted by molar-refractivity contribution is 0.0522. The van der Waals surface area contributed by atoms with Gasteiger partial charge < -0.3 is 19.5 Å². The molecule has 1 aliphatic rings. The first-order valence-corrected chi connectivity index (χ1v) is 12.2. The van der Waals surface area contributed by atoms with E-state index in [2.05, 4.69) is 16.9 Å². The summed E-state index contributed by atoms with van der Waals surface area (Å²) in [6, 6.07) is 9.00. The quantitative estimate of drug-likeness (QED) is 0.404. The van der Waals surface area contributed by atoms with Gasteiger partial charge in [-0.05, 0) is 58.7 Å². The number of ether oxygens (including phenoxy) is 2. The van der Waals surface area contributed by atoms with Gasteiger partial charge in [0.15, 0.2) is 5.82 Å². The van der Waals surface area contributed by atoms with Crippen molar-refractivity contribution in [1.29, 1.82) is 0 Å². The third-order valence-electron chi connectivity index (χ3n) is 6.43. The number of carbonyl (C=O) groups excluding carboxylic acids is 1. The van der Waals surface area contributed by atoms with E-state index in [1.54, 1.807) is 12.3 Å². The van der Waals surface area contributed by atoms with Gasteiger partial charge in [0.05, 0.1) is 29.9 Å². The molecule has 2 aromatic heterocycles. The molecule has 1 fully saturated rings. The number of carboxylic acid groups (broad SMARTS) is 1. The van der Waals surface area contributed by atoms with Crippen LogP contribution in [0.5, 0.6) is 5.75 Å². The van der Waals surface area contributed by atoms with E-state index in [1.165, 1.54) is 17.9 Å². The van der Waals surface area contributed by atoms with Crippen LogP contribution in [0.4, 0.5) is 10.6 Å². The molecule has 4 aromatic rings. The lowest BCUT2D eigenvalue weighted by Crippen LogP contribution is -2.28. The number of aromatic carboxylic acids is 1. The number of hydrogen-bond acceptors (Lipinski definition) is 8. The zero-order chi connectivity index (χ0) is 26.5. The summed E-state index contributed by atoms with van der Waals surface area (Å²) in [5, 5.41) is 14.6. The summed E-state index contributed by atoms with van der Waals surface area (Å²) in [4.78, 5) is 36.5. The van der Waals surface area contributed by atoms with Crippen molar-refractivity contribution < 1.29 is 24.2 Å². The molecule has 37 heavy (non-hydrogen) atoms. The van der Waals surface area contributed by atoms with Crippen molar-refractivity contribution in [3.05, 3.63) is 42.1 Å². The Bertz CT molecular complexity index is 1540. The normalized spacial score (nSPS) is 15.9. The minimum Gasteiger partial charge on any atom is -0.496 e. The topological polar surface area (TPSA) is 120 Å². The van der Waals surface area contributed by atoms with Crippen molar-refractivity contribution >= 4 is 39.8 Å². The first-order chi connectivity index (χ1) is 17.6. The standard InChI is InChI=1S/C27H29N5O5/c1-15-7-6-10-31(15)24-23(29-20-13-22(36-5)18(25(33)34)12-19(20)30-24)16-8-9-21-17(11-16)14-28-32(21)26(35)37-27(2,3)4/h8-9,11-15H,6-7,10H2,1-5H3,(H,33,34). The molecule has 10 nitrogen and oxygen atoms in total. The Balaban J connectivity index is 1.67. The lowest BCUT2D eigenvalue weighted by Gasteiger charge is -2.25. The van der Waals surface area contributed by atoms with Gasteiger partial charge in [0, 0.05) is 29.6 Å². The van der Waals surface area contributed by atoms with Crippen molar-refractivity contribution in [1.82, 2.24) is 19.7 Å². The molecule has 1 unspecified atom stereocenters. The predicted molar refractivity (Wildman–Crippen MR) is 139 cm³/mol. The van der Waals surface area contributed by atoms with Gasteiger partial charge in [-0.1, -0.05) is 6.07 Å². The second-order valence-electron chi connectivity index (χ2n) is 10.2. The molecular formula is C27H29N5O5. The lowest BCUT2D eigenvalue weighted by atomic mass is 10.1. The molecule has 0 amide bonds. The minimum atomic E-state index is -1.09. The smallest absolute Gasteiger partial charge is 0.435 e. The molecule has 1 N–H and O–H groups in total. The van der Waals surface area contributed by atoms with Crippen molar-refractivity contribution in [2.45, 2.75) is 52.2 Å². The van der Waals surface area contributed by atoms with E-state index in [-0.39, 0.29) is 17.4 Å². The second kappa shape index (κ2) is 9.02. The number of methoxy groups -OCH3 is 1. The summed E-state index contributed by atoms with van der Waals surface area (Å²) in [6.45, 7) is 8.40. The largest absolute Gasteiger partial charge is 0.496 e. The number of carbonyl (C=O) groups is 2. The molecule has 2 aromatic carbocycles. The van der Waals surface area contributed by atoms with Gasteiger partial charge in [-0.25, -0.2) is 19.6 Å². The second-order valence-corrected chi connectivity index (χ2v) is 10.2. The van der Waals surface area contributed by atoms with E-state index in [9.17, 15) is 14.7 Å². The Hall–Kier alpha value is -4.21. The molecule has 1 aliphatic heterocycles. The molecule has 1 saturated heterocycles. The third kappa shape index (κ3) is 4.54. The number of benzene rings is 2. The zero-order valence-electron chi connectivity index (χ0n) is 21.5. The van der Waals surface area contributed by atoms with Gasteiger partial charge in [-0.2, -0.15) is 9.78 Å². The Kier molecular flexibility index (Phi) is 5.97. The fourth-order valence-corrected chi connectivity index (χ4v) is 4.68. The zero-order valence-corrected chi connectivity index (χ0v) is 21.5. The van der Waals surface area contributed by atoms with Crippen LogP contribution < -0.4 is 9.64 Å². The molecule has 10 heteroatoms. The molecular weight excluding hydrogens is 474 g/mol. The average molecular weight is 504 g/mol. The van der Waals surface area contributed by atoms with Gasteiger partial charge in [-0.3, -0.25) is 0 Å². The van der Waals surface area contributed by atoms with E-state index in [4.69, 9.17) is 19.4 Å². The van der Waals surface area contributed by atoms with Crippen molar-refractivity contribution in [3.63, 3.8) is 0 Å². The summed E-state index contributed by atoms with van der Waals surface area (Å²) in [5.74, 6) is -0.178. The Morgan fingerprint density at radius 3 is 2.51 bits per heavy atom. The van der Waals surface area contributed by atoms with E-state index >= 15 is 0 Å². The van der Waals surface area contributed by atoms with Gasteiger partial charge >= 0.3 is 12.1 Å². The maximum absolute atomic E-state index is 12.6.